The summed E-state index contributed by atoms with van der Waals surface area (Å²) in [5, 5.41) is 7.34. The Morgan fingerprint density at radius 3 is 2.69 bits per heavy atom. The highest BCUT2D eigenvalue weighted by molar-refractivity contribution is 7.19. The quantitative estimate of drug-likeness (QED) is 0.728. The summed E-state index contributed by atoms with van der Waals surface area (Å²) in [5.41, 5.74) is 5.61. The average Bonchev–Trinajstić information content (AvgIpc) is 3.17. The molecule has 4 rings (SSSR count). The van der Waals surface area contributed by atoms with Gasteiger partial charge in [-0.15, -0.1) is 11.3 Å². The van der Waals surface area contributed by atoms with E-state index < -0.39 is 0 Å². The molecule has 26 heavy (non-hydrogen) atoms. The zero-order valence-electron chi connectivity index (χ0n) is 15.3. The van der Waals surface area contributed by atoms with E-state index in [1.165, 1.54) is 22.4 Å². The van der Waals surface area contributed by atoms with Gasteiger partial charge < -0.3 is 10.6 Å². The number of thiophene rings is 1. The van der Waals surface area contributed by atoms with Crippen molar-refractivity contribution in [1.82, 2.24) is 9.97 Å². The van der Waals surface area contributed by atoms with Crippen LogP contribution in [0.1, 0.15) is 33.6 Å². The molecule has 0 spiro atoms. The lowest BCUT2D eigenvalue weighted by atomic mass is 10.1. The fraction of sp³-hybridized carbons (Fsp3) is 0.350. The summed E-state index contributed by atoms with van der Waals surface area (Å²) in [7, 11) is 0. The van der Waals surface area contributed by atoms with Gasteiger partial charge >= 0.3 is 0 Å². The number of carbonyl (C=O) groups is 1. The zero-order valence-corrected chi connectivity index (χ0v) is 16.1. The lowest BCUT2D eigenvalue weighted by molar-refractivity contribution is -0.114. The van der Waals surface area contributed by atoms with E-state index in [9.17, 15) is 4.79 Å². The first-order valence-corrected chi connectivity index (χ1v) is 9.71. The van der Waals surface area contributed by atoms with Crippen molar-refractivity contribution >= 4 is 39.0 Å². The smallest absolute Gasteiger partial charge is 0.243 e. The van der Waals surface area contributed by atoms with Crippen LogP contribution < -0.4 is 10.6 Å². The number of carbonyl (C=O) groups excluding carboxylic acids is 1. The molecule has 1 aliphatic carbocycles. The molecule has 0 aliphatic heterocycles. The van der Waals surface area contributed by atoms with Crippen molar-refractivity contribution in [2.75, 3.05) is 17.2 Å². The van der Waals surface area contributed by atoms with E-state index in [-0.39, 0.29) is 12.5 Å². The van der Waals surface area contributed by atoms with Gasteiger partial charge in [0.15, 0.2) is 0 Å². The van der Waals surface area contributed by atoms with Gasteiger partial charge in [-0.1, -0.05) is 17.7 Å². The molecule has 1 aliphatic rings. The Morgan fingerprint density at radius 1 is 1.15 bits per heavy atom. The number of aromatic nitrogens is 2. The third-order valence-electron chi connectivity index (χ3n) is 4.86. The second kappa shape index (κ2) is 6.68. The molecule has 2 aromatic heterocycles. The standard InChI is InChI=1S/C20H22N4OS/c1-11-7-12(2)18(13(3)8-11)24-16(25)9-21-19-17-14-5-4-6-15(14)26-20(17)23-10-22-19/h7-8,10H,4-6,9H2,1-3H3,(H,24,25)(H,21,22,23). The molecule has 1 aromatic carbocycles. The van der Waals surface area contributed by atoms with E-state index in [4.69, 9.17) is 0 Å². The minimum atomic E-state index is -0.0707. The fourth-order valence-electron chi connectivity index (χ4n) is 3.79. The first-order valence-electron chi connectivity index (χ1n) is 8.89. The molecule has 0 saturated heterocycles. The molecular formula is C20H22N4OS. The normalized spacial score (nSPS) is 13.0. The van der Waals surface area contributed by atoms with Gasteiger partial charge in [0.05, 0.1) is 11.9 Å². The Kier molecular flexibility index (Phi) is 4.36. The predicted molar refractivity (Wildman–Crippen MR) is 107 cm³/mol. The molecule has 1 amide bonds. The molecule has 6 heteroatoms. The topological polar surface area (TPSA) is 66.9 Å². The van der Waals surface area contributed by atoms with Crippen molar-refractivity contribution in [1.29, 1.82) is 0 Å². The average molecular weight is 366 g/mol. The van der Waals surface area contributed by atoms with Crippen LogP contribution >= 0.6 is 11.3 Å². The SMILES string of the molecule is Cc1cc(C)c(NC(=O)CNc2ncnc3sc4c(c23)CCC4)c(C)c1. The summed E-state index contributed by atoms with van der Waals surface area (Å²) < 4.78 is 0. The molecule has 3 aromatic rings. The molecule has 0 atom stereocenters. The number of anilines is 2. The first kappa shape index (κ1) is 17.0. The van der Waals surface area contributed by atoms with Gasteiger partial charge in [-0.25, -0.2) is 9.97 Å². The molecule has 2 N–H and O–H groups in total. The van der Waals surface area contributed by atoms with Gasteiger partial charge in [0.1, 0.15) is 17.0 Å². The molecule has 0 radical (unpaired) electrons. The van der Waals surface area contributed by atoms with Crippen LogP contribution in [0.25, 0.3) is 10.2 Å². The first-order chi connectivity index (χ1) is 12.5. The highest BCUT2D eigenvalue weighted by atomic mass is 32.1. The van der Waals surface area contributed by atoms with E-state index in [2.05, 4.69) is 39.7 Å². The molecule has 0 unspecified atom stereocenters. The highest BCUT2D eigenvalue weighted by Gasteiger charge is 2.21. The number of nitrogens with zero attached hydrogens (tertiary/aromatic N) is 2. The van der Waals surface area contributed by atoms with E-state index in [1.54, 1.807) is 17.7 Å². The minimum absolute atomic E-state index is 0.0707. The maximum Gasteiger partial charge on any atom is 0.243 e. The lowest BCUT2D eigenvalue weighted by Crippen LogP contribution is -2.23. The second-order valence-corrected chi connectivity index (χ2v) is 8.02. The van der Waals surface area contributed by atoms with E-state index in [1.807, 2.05) is 13.8 Å². The van der Waals surface area contributed by atoms with Crippen LogP contribution in [0, 0.1) is 20.8 Å². The number of fused-ring (bicyclic) bond motifs is 3. The van der Waals surface area contributed by atoms with E-state index in [0.29, 0.717) is 0 Å². The Hall–Kier alpha value is -2.47. The summed E-state index contributed by atoms with van der Waals surface area (Å²) in [5.74, 6) is 0.695. The van der Waals surface area contributed by atoms with Crippen molar-refractivity contribution in [2.45, 2.75) is 40.0 Å². The Morgan fingerprint density at radius 2 is 1.92 bits per heavy atom. The van der Waals surface area contributed by atoms with Gasteiger partial charge in [0, 0.05) is 10.6 Å². The third kappa shape index (κ3) is 3.05. The van der Waals surface area contributed by atoms with Crippen molar-refractivity contribution in [2.24, 2.45) is 0 Å². The van der Waals surface area contributed by atoms with Crippen LogP contribution in [0.3, 0.4) is 0 Å². The lowest BCUT2D eigenvalue weighted by Gasteiger charge is -2.13. The number of rotatable bonds is 4. The number of nitrogens with one attached hydrogen (secondary N) is 2. The number of benzene rings is 1. The van der Waals surface area contributed by atoms with Crippen molar-refractivity contribution in [3.8, 4) is 0 Å². The van der Waals surface area contributed by atoms with Gasteiger partial charge in [-0.05, 0) is 56.7 Å². The zero-order chi connectivity index (χ0) is 18.3. The number of aryl methyl sites for hydroxylation is 5. The summed E-state index contributed by atoms with van der Waals surface area (Å²) >= 11 is 1.75. The van der Waals surface area contributed by atoms with E-state index in [0.717, 1.165) is 45.7 Å². The molecule has 134 valence electrons. The summed E-state index contributed by atoms with van der Waals surface area (Å²) in [6.45, 7) is 6.29. The van der Waals surface area contributed by atoms with Crippen LogP contribution in [0.2, 0.25) is 0 Å². The maximum absolute atomic E-state index is 12.5. The Labute approximate surface area is 156 Å². The van der Waals surface area contributed by atoms with Crippen LogP contribution in [0.4, 0.5) is 11.5 Å². The van der Waals surface area contributed by atoms with E-state index >= 15 is 0 Å². The molecular weight excluding hydrogens is 344 g/mol. The highest BCUT2D eigenvalue weighted by Crippen LogP contribution is 2.38. The van der Waals surface area contributed by atoms with Crippen LogP contribution in [-0.4, -0.2) is 22.4 Å². The Balaban J connectivity index is 1.51. The van der Waals surface area contributed by atoms with Crippen LogP contribution in [0.15, 0.2) is 18.5 Å². The summed E-state index contributed by atoms with van der Waals surface area (Å²) in [6.07, 6.45) is 4.97. The molecule has 2 heterocycles. The van der Waals surface area contributed by atoms with Crippen molar-refractivity contribution in [3.63, 3.8) is 0 Å². The number of hydrogen-bond donors (Lipinski definition) is 2. The molecule has 5 nitrogen and oxygen atoms in total. The van der Waals surface area contributed by atoms with Crippen molar-refractivity contribution in [3.05, 3.63) is 45.6 Å². The molecule has 0 saturated carbocycles. The number of hydrogen-bond acceptors (Lipinski definition) is 5. The van der Waals surface area contributed by atoms with Crippen molar-refractivity contribution < 1.29 is 4.79 Å². The summed E-state index contributed by atoms with van der Waals surface area (Å²) in [4.78, 5) is 23.7. The van der Waals surface area contributed by atoms with Crippen LogP contribution in [0.5, 0.6) is 0 Å². The van der Waals surface area contributed by atoms with Gasteiger partial charge in [-0.3, -0.25) is 4.79 Å². The monoisotopic (exact) mass is 366 g/mol. The minimum Gasteiger partial charge on any atom is -0.360 e. The Bertz CT molecular complexity index is 985. The molecule has 0 fully saturated rings. The summed E-state index contributed by atoms with van der Waals surface area (Å²) in [6, 6.07) is 4.16. The van der Waals surface area contributed by atoms with Gasteiger partial charge in [0.25, 0.3) is 0 Å². The molecule has 0 bridgehead atoms. The largest absolute Gasteiger partial charge is 0.360 e. The van der Waals surface area contributed by atoms with Gasteiger partial charge in [0.2, 0.25) is 5.91 Å². The van der Waals surface area contributed by atoms with Gasteiger partial charge in [-0.2, -0.15) is 0 Å². The number of amides is 1. The fourth-order valence-corrected chi connectivity index (χ4v) is 5.02. The van der Waals surface area contributed by atoms with Crippen LogP contribution in [-0.2, 0) is 17.6 Å². The predicted octanol–water partition coefficient (Wildman–Crippen LogP) is 4.16. The third-order valence-corrected chi connectivity index (χ3v) is 6.06. The maximum atomic E-state index is 12.5. The second-order valence-electron chi connectivity index (χ2n) is 6.94.